The van der Waals surface area contributed by atoms with Gasteiger partial charge in [0.2, 0.25) is 0 Å². The standard InChI is InChI=1S/C11H16N2O2/c1-8(2)15-7-9-5-3-4-6-10(9)11(14)13-12/h3-6,8H,7,12H2,1-2H3,(H,13,14). The SMILES string of the molecule is CC(C)OCc1ccccc1C(=O)NN. The van der Waals surface area contributed by atoms with Gasteiger partial charge in [0.25, 0.3) is 5.91 Å². The third-order valence-electron chi connectivity index (χ3n) is 1.97. The van der Waals surface area contributed by atoms with E-state index in [9.17, 15) is 4.79 Å². The fraction of sp³-hybridized carbons (Fsp3) is 0.364. The normalized spacial score (nSPS) is 10.4. The first-order chi connectivity index (χ1) is 7.15. The highest BCUT2D eigenvalue weighted by molar-refractivity contribution is 5.95. The number of hydrazine groups is 1. The molecular weight excluding hydrogens is 192 g/mol. The molecule has 0 unspecified atom stereocenters. The monoisotopic (exact) mass is 208 g/mol. The number of benzene rings is 1. The lowest BCUT2D eigenvalue weighted by molar-refractivity contribution is 0.0645. The molecule has 0 aliphatic rings. The second-order valence-electron chi connectivity index (χ2n) is 3.49. The zero-order chi connectivity index (χ0) is 11.3. The Hall–Kier alpha value is -1.39. The van der Waals surface area contributed by atoms with E-state index in [0.717, 1.165) is 5.56 Å². The number of nitrogens with two attached hydrogens (primary N) is 1. The molecule has 15 heavy (non-hydrogen) atoms. The molecule has 0 fully saturated rings. The van der Waals surface area contributed by atoms with Crippen LogP contribution in [0.1, 0.15) is 29.8 Å². The lowest BCUT2D eigenvalue weighted by Gasteiger charge is -2.10. The molecule has 0 aliphatic heterocycles. The molecule has 1 aromatic rings. The van der Waals surface area contributed by atoms with E-state index in [4.69, 9.17) is 10.6 Å². The summed E-state index contributed by atoms with van der Waals surface area (Å²) in [7, 11) is 0. The maximum Gasteiger partial charge on any atom is 0.265 e. The molecule has 0 bridgehead atoms. The van der Waals surface area contributed by atoms with Crippen molar-refractivity contribution < 1.29 is 9.53 Å². The molecule has 1 aromatic carbocycles. The molecule has 0 heterocycles. The quantitative estimate of drug-likeness (QED) is 0.444. The maximum absolute atomic E-state index is 11.4. The minimum Gasteiger partial charge on any atom is -0.374 e. The first kappa shape index (κ1) is 11.7. The lowest BCUT2D eigenvalue weighted by Crippen LogP contribution is -2.30. The number of nitrogens with one attached hydrogen (secondary N) is 1. The molecule has 0 spiro atoms. The number of nitrogen functional groups attached to an aromatic ring is 1. The number of carbonyl (C=O) groups is 1. The molecule has 1 amide bonds. The summed E-state index contributed by atoms with van der Waals surface area (Å²) in [6.45, 7) is 4.32. The number of rotatable bonds is 4. The highest BCUT2D eigenvalue weighted by Gasteiger charge is 2.09. The Morgan fingerprint density at radius 3 is 2.73 bits per heavy atom. The minimum atomic E-state index is -0.294. The van der Waals surface area contributed by atoms with E-state index in [2.05, 4.69) is 5.43 Å². The summed E-state index contributed by atoms with van der Waals surface area (Å²) in [6.07, 6.45) is 0.138. The summed E-state index contributed by atoms with van der Waals surface area (Å²) in [6, 6.07) is 7.24. The molecular formula is C11H16N2O2. The van der Waals surface area contributed by atoms with E-state index in [-0.39, 0.29) is 12.0 Å². The summed E-state index contributed by atoms with van der Waals surface area (Å²) in [5, 5.41) is 0. The van der Waals surface area contributed by atoms with Gasteiger partial charge >= 0.3 is 0 Å². The van der Waals surface area contributed by atoms with E-state index in [1.165, 1.54) is 0 Å². The zero-order valence-electron chi connectivity index (χ0n) is 8.99. The van der Waals surface area contributed by atoms with Crippen LogP contribution < -0.4 is 11.3 Å². The topological polar surface area (TPSA) is 64.3 Å². The molecule has 0 radical (unpaired) electrons. The Morgan fingerprint density at radius 2 is 2.13 bits per heavy atom. The summed E-state index contributed by atoms with van der Waals surface area (Å²) in [5.41, 5.74) is 3.51. The van der Waals surface area contributed by atoms with Crippen LogP contribution >= 0.6 is 0 Å². The van der Waals surface area contributed by atoms with Gasteiger partial charge < -0.3 is 4.74 Å². The Labute approximate surface area is 89.4 Å². The van der Waals surface area contributed by atoms with E-state index >= 15 is 0 Å². The second kappa shape index (κ2) is 5.48. The number of hydrogen-bond acceptors (Lipinski definition) is 3. The Kier molecular flexibility index (Phi) is 4.27. The third-order valence-corrected chi connectivity index (χ3v) is 1.97. The van der Waals surface area contributed by atoms with Crippen molar-refractivity contribution in [1.82, 2.24) is 5.43 Å². The first-order valence-electron chi connectivity index (χ1n) is 4.85. The van der Waals surface area contributed by atoms with Crippen LogP contribution in [0.25, 0.3) is 0 Å². The zero-order valence-corrected chi connectivity index (χ0v) is 8.99. The van der Waals surface area contributed by atoms with Crippen LogP contribution in [0.3, 0.4) is 0 Å². The summed E-state index contributed by atoms with van der Waals surface area (Å²) in [4.78, 5) is 11.4. The fourth-order valence-corrected chi connectivity index (χ4v) is 1.20. The average molecular weight is 208 g/mol. The van der Waals surface area contributed by atoms with Crippen molar-refractivity contribution in [2.75, 3.05) is 0 Å². The van der Waals surface area contributed by atoms with Gasteiger partial charge in [0.1, 0.15) is 0 Å². The van der Waals surface area contributed by atoms with Crippen molar-refractivity contribution >= 4 is 5.91 Å². The smallest absolute Gasteiger partial charge is 0.265 e. The highest BCUT2D eigenvalue weighted by atomic mass is 16.5. The Balaban J connectivity index is 2.81. The predicted octanol–water partition coefficient (Wildman–Crippen LogP) is 1.22. The average Bonchev–Trinajstić information content (AvgIpc) is 2.25. The second-order valence-corrected chi connectivity index (χ2v) is 3.49. The van der Waals surface area contributed by atoms with Crippen molar-refractivity contribution in [3.05, 3.63) is 35.4 Å². The van der Waals surface area contributed by atoms with Crippen LogP contribution in [-0.4, -0.2) is 12.0 Å². The molecule has 1 rings (SSSR count). The van der Waals surface area contributed by atoms with Gasteiger partial charge in [0, 0.05) is 5.56 Å². The van der Waals surface area contributed by atoms with Crippen LogP contribution in [0.2, 0.25) is 0 Å². The van der Waals surface area contributed by atoms with Crippen LogP contribution in [-0.2, 0) is 11.3 Å². The van der Waals surface area contributed by atoms with E-state index in [0.29, 0.717) is 12.2 Å². The van der Waals surface area contributed by atoms with Gasteiger partial charge in [-0.25, -0.2) is 5.84 Å². The van der Waals surface area contributed by atoms with Crippen LogP contribution in [0.4, 0.5) is 0 Å². The Bertz CT molecular complexity index is 337. The number of ether oxygens (including phenoxy) is 1. The van der Waals surface area contributed by atoms with Crippen LogP contribution in [0.5, 0.6) is 0 Å². The molecule has 0 atom stereocenters. The number of carbonyl (C=O) groups excluding carboxylic acids is 1. The van der Waals surface area contributed by atoms with E-state index in [1.807, 2.05) is 26.0 Å². The van der Waals surface area contributed by atoms with Gasteiger partial charge in [-0.05, 0) is 25.5 Å². The summed E-state index contributed by atoms with van der Waals surface area (Å²) >= 11 is 0. The number of amides is 1. The van der Waals surface area contributed by atoms with Gasteiger partial charge in [0.15, 0.2) is 0 Å². The summed E-state index contributed by atoms with van der Waals surface area (Å²) < 4.78 is 5.44. The lowest BCUT2D eigenvalue weighted by atomic mass is 10.1. The molecule has 3 N–H and O–H groups in total. The van der Waals surface area contributed by atoms with E-state index < -0.39 is 0 Å². The van der Waals surface area contributed by atoms with Gasteiger partial charge in [-0.3, -0.25) is 10.2 Å². The maximum atomic E-state index is 11.4. The van der Waals surface area contributed by atoms with Crippen molar-refractivity contribution in [3.63, 3.8) is 0 Å². The molecule has 4 nitrogen and oxygen atoms in total. The Morgan fingerprint density at radius 1 is 1.47 bits per heavy atom. The van der Waals surface area contributed by atoms with Crippen molar-refractivity contribution in [3.8, 4) is 0 Å². The molecule has 82 valence electrons. The molecule has 0 saturated heterocycles. The van der Waals surface area contributed by atoms with Gasteiger partial charge in [-0.2, -0.15) is 0 Å². The van der Waals surface area contributed by atoms with Crippen molar-refractivity contribution in [2.24, 2.45) is 5.84 Å². The molecule has 0 aliphatic carbocycles. The van der Waals surface area contributed by atoms with Crippen molar-refractivity contribution in [1.29, 1.82) is 0 Å². The van der Waals surface area contributed by atoms with E-state index in [1.54, 1.807) is 12.1 Å². The fourth-order valence-electron chi connectivity index (χ4n) is 1.20. The largest absolute Gasteiger partial charge is 0.374 e. The van der Waals surface area contributed by atoms with Gasteiger partial charge in [-0.1, -0.05) is 18.2 Å². The van der Waals surface area contributed by atoms with Crippen LogP contribution in [0.15, 0.2) is 24.3 Å². The first-order valence-corrected chi connectivity index (χ1v) is 4.85. The summed E-state index contributed by atoms with van der Waals surface area (Å²) in [5.74, 6) is 4.79. The predicted molar refractivity (Wildman–Crippen MR) is 58.0 cm³/mol. The third kappa shape index (κ3) is 3.34. The minimum absolute atomic E-state index is 0.138. The number of hydrogen-bond donors (Lipinski definition) is 2. The van der Waals surface area contributed by atoms with Gasteiger partial charge in [-0.15, -0.1) is 0 Å². The van der Waals surface area contributed by atoms with Crippen LogP contribution in [0, 0.1) is 0 Å². The van der Waals surface area contributed by atoms with Gasteiger partial charge in [0.05, 0.1) is 12.7 Å². The molecule has 0 saturated carbocycles. The highest BCUT2D eigenvalue weighted by Crippen LogP contribution is 2.10. The molecule has 0 aromatic heterocycles. The van der Waals surface area contributed by atoms with Crippen molar-refractivity contribution in [2.45, 2.75) is 26.6 Å². The molecule has 4 heteroatoms.